The minimum absolute atomic E-state index is 0.144. The largest absolute Gasteiger partial charge is 0.450 e. The molecule has 8 heteroatoms. The molecule has 1 aromatic carbocycles. The predicted octanol–water partition coefficient (Wildman–Crippen LogP) is 3.13. The summed E-state index contributed by atoms with van der Waals surface area (Å²) in [5.41, 5.74) is 1.53. The van der Waals surface area contributed by atoms with Gasteiger partial charge in [0.2, 0.25) is 5.91 Å². The molecule has 0 aromatic heterocycles. The van der Waals surface area contributed by atoms with Gasteiger partial charge in [-0.1, -0.05) is 25.0 Å². The van der Waals surface area contributed by atoms with Crippen LogP contribution in [0.25, 0.3) is 0 Å². The van der Waals surface area contributed by atoms with Crippen molar-refractivity contribution in [2.24, 2.45) is 0 Å². The summed E-state index contributed by atoms with van der Waals surface area (Å²) < 4.78 is 31.0. The smallest absolute Gasteiger partial charge is 0.409 e. The molecule has 1 saturated carbocycles. The van der Waals surface area contributed by atoms with Gasteiger partial charge in [-0.2, -0.15) is 0 Å². The van der Waals surface area contributed by atoms with E-state index in [0.717, 1.165) is 18.4 Å². The van der Waals surface area contributed by atoms with Gasteiger partial charge in [-0.15, -0.1) is 0 Å². The van der Waals surface area contributed by atoms with Gasteiger partial charge < -0.3 is 15.0 Å². The van der Waals surface area contributed by atoms with Gasteiger partial charge in [0.15, 0.2) is 14.6 Å². The van der Waals surface area contributed by atoms with Crippen molar-refractivity contribution in [3.05, 3.63) is 29.3 Å². The molecule has 30 heavy (non-hydrogen) atoms. The van der Waals surface area contributed by atoms with Crippen LogP contribution in [0.5, 0.6) is 0 Å². The average Bonchev–Trinajstić information content (AvgIpc) is 3.22. The molecule has 0 atom stereocenters. The van der Waals surface area contributed by atoms with Gasteiger partial charge in [-0.25, -0.2) is 13.2 Å². The Labute approximate surface area is 179 Å². The quantitative estimate of drug-likeness (QED) is 0.766. The van der Waals surface area contributed by atoms with E-state index >= 15 is 0 Å². The van der Waals surface area contributed by atoms with Gasteiger partial charge in [0.05, 0.1) is 11.5 Å². The van der Waals surface area contributed by atoms with E-state index in [1.807, 2.05) is 13.0 Å². The molecule has 2 amide bonds. The third-order valence-corrected chi connectivity index (χ3v) is 8.97. The number of rotatable bonds is 5. The first-order chi connectivity index (χ1) is 14.2. The first-order valence-corrected chi connectivity index (χ1v) is 12.2. The maximum absolute atomic E-state index is 13.7. The number of benzene rings is 1. The first-order valence-electron chi connectivity index (χ1n) is 10.8. The fourth-order valence-corrected chi connectivity index (χ4v) is 6.89. The van der Waals surface area contributed by atoms with Crippen LogP contribution in [0.4, 0.5) is 4.79 Å². The Morgan fingerprint density at radius 1 is 1.17 bits per heavy atom. The maximum atomic E-state index is 13.7. The molecule has 0 radical (unpaired) electrons. The first kappa shape index (κ1) is 22.6. The van der Waals surface area contributed by atoms with Gasteiger partial charge in [0.1, 0.15) is 0 Å². The zero-order valence-electron chi connectivity index (χ0n) is 18.1. The molecular weight excluding hydrogens is 404 g/mol. The van der Waals surface area contributed by atoms with Crippen LogP contribution in [0.2, 0.25) is 0 Å². The topological polar surface area (TPSA) is 92.8 Å². The fourth-order valence-electron chi connectivity index (χ4n) is 4.51. The number of hydrogen-bond donors (Lipinski definition) is 1. The van der Waals surface area contributed by atoms with Crippen LogP contribution in [0.15, 0.2) is 23.1 Å². The monoisotopic (exact) mass is 436 g/mol. The van der Waals surface area contributed by atoms with Gasteiger partial charge in [-0.3, -0.25) is 4.79 Å². The van der Waals surface area contributed by atoms with Gasteiger partial charge in [0, 0.05) is 19.1 Å². The number of piperidine rings is 1. The van der Waals surface area contributed by atoms with Crippen molar-refractivity contribution in [1.82, 2.24) is 10.2 Å². The number of nitrogens with one attached hydrogen (secondary N) is 1. The van der Waals surface area contributed by atoms with Crippen LogP contribution < -0.4 is 5.32 Å². The average molecular weight is 437 g/mol. The van der Waals surface area contributed by atoms with Crippen LogP contribution in [0.1, 0.15) is 56.6 Å². The SMILES string of the molecule is CCOC(=O)N1CCC(NC(=O)C2(S(=O)(=O)c3cc(C)ccc3C)CCCC2)CC1. The molecule has 1 saturated heterocycles. The number of carbonyl (C=O) groups is 2. The van der Waals surface area contributed by atoms with Gasteiger partial charge in [0.25, 0.3) is 0 Å². The number of carbonyl (C=O) groups excluding carboxylic acids is 2. The fraction of sp³-hybridized carbons (Fsp3) is 0.636. The molecule has 0 unspecified atom stereocenters. The van der Waals surface area contributed by atoms with Crippen molar-refractivity contribution in [2.45, 2.75) is 75.0 Å². The Hall–Kier alpha value is -2.09. The van der Waals surface area contributed by atoms with Crippen LogP contribution in [0.3, 0.4) is 0 Å². The van der Waals surface area contributed by atoms with Crippen LogP contribution in [-0.4, -0.2) is 55.8 Å². The zero-order chi connectivity index (χ0) is 21.9. The molecule has 1 aromatic rings. The highest BCUT2D eigenvalue weighted by Crippen LogP contribution is 2.42. The highest BCUT2D eigenvalue weighted by atomic mass is 32.2. The predicted molar refractivity (Wildman–Crippen MR) is 114 cm³/mol. The molecule has 1 aliphatic heterocycles. The second-order valence-electron chi connectivity index (χ2n) is 8.41. The highest BCUT2D eigenvalue weighted by molar-refractivity contribution is 7.93. The lowest BCUT2D eigenvalue weighted by Crippen LogP contribution is -2.55. The number of sulfone groups is 1. The van der Waals surface area contributed by atoms with E-state index in [4.69, 9.17) is 4.74 Å². The minimum atomic E-state index is -3.83. The molecule has 0 bridgehead atoms. The number of hydrogen-bond acceptors (Lipinski definition) is 5. The lowest BCUT2D eigenvalue weighted by atomic mass is 10.0. The summed E-state index contributed by atoms with van der Waals surface area (Å²) in [4.78, 5) is 27.1. The van der Waals surface area contributed by atoms with E-state index in [1.165, 1.54) is 0 Å². The van der Waals surface area contributed by atoms with E-state index in [2.05, 4.69) is 5.32 Å². The molecule has 1 heterocycles. The Balaban J connectivity index is 1.77. The van der Waals surface area contributed by atoms with Crippen LogP contribution >= 0.6 is 0 Å². The summed E-state index contributed by atoms with van der Waals surface area (Å²) in [7, 11) is -3.83. The van der Waals surface area contributed by atoms with Crippen molar-refractivity contribution in [3.8, 4) is 0 Å². The molecule has 2 fully saturated rings. The second kappa shape index (κ2) is 8.96. The van der Waals surface area contributed by atoms with Crippen molar-refractivity contribution in [1.29, 1.82) is 0 Å². The van der Waals surface area contributed by atoms with E-state index in [-0.39, 0.29) is 17.0 Å². The summed E-state index contributed by atoms with van der Waals surface area (Å²) in [5.74, 6) is -0.393. The summed E-state index contributed by atoms with van der Waals surface area (Å²) in [6.07, 6.45) is 2.96. The minimum Gasteiger partial charge on any atom is -0.450 e. The van der Waals surface area contributed by atoms with Crippen molar-refractivity contribution < 1.29 is 22.7 Å². The lowest BCUT2D eigenvalue weighted by Gasteiger charge is -2.35. The Morgan fingerprint density at radius 2 is 1.80 bits per heavy atom. The van der Waals surface area contributed by atoms with Gasteiger partial charge >= 0.3 is 6.09 Å². The van der Waals surface area contributed by atoms with E-state index in [0.29, 0.717) is 50.9 Å². The molecule has 166 valence electrons. The summed E-state index contributed by atoms with van der Waals surface area (Å²) in [6, 6.07) is 5.21. The normalized spacial score (nSPS) is 19.5. The number of amides is 2. The number of ether oxygens (including phenoxy) is 1. The summed E-state index contributed by atoms with van der Waals surface area (Å²) >= 11 is 0. The third kappa shape index (κ3) is 4.19. The highest BCUT2D eigenvalue weighted by Gasteiger charge is 2.53. The molecule has 3 rings (SSSR count). The molecule has 1 N–H and O–H groups in total. The molecule has 7 nitrogen and oxygen atoms in total. The van der Waals surface area contributed by atoms with Crippen molar-refractivity contribution in [3.63, 3.8) is 0 Å². The molecule has 0 spiro atoms. The second-order valence-corrected chi connectivity index (χ2v) is 10.6. The number of aryl methyl sites for hydroxylation is 2. The number of likely N-dealkylation sites (tertiary alicyclic amines) is 1. The number of nitrogens with zero attached hydrogens (tertiary/aromatic N) is 1. The van der Waals surface area contributed by atoms with Crippen molar-refractivity contribution >= 4 is 21.8 Å². The Kier molecular flexibility index (Phi) is 6.75. The summed E-state index contributed by atoms with van der Waals surface area (Å²) in [6.45, 7) is 6.70. The van der Waals surface area contributed by atoms with E-state index in [9.17, 15) is 18.0 Å². The standard InChI is InChI=1S/C22H32N2O5S/c1-4-29-21(26)24-13-9-18(10-14-24)23-20(25)22(11-5-6-12-22)30(27,28)19-15-16(2)7-8-17(19)3/h7-8,15,18H,4-6,9-14H2,1-3H3,(H,23,25). The lowest BCUT2D eigenvalue weighted by molar-refractivity contribution is -0.124. The third-order valence-electron chi connectivity index (χ3n) is 6.33. The van der Waals surface area contributed by atoms with Gasteiger partial charge in [-0.05, 0) is 63.6 Å². The van der Waals surface area contributed by atoms with Crippen LogP contribution in [-0.2, 0) is 19.4 Å². The Morgan fingerprint density at radius 3 is 2.40 bits per heavy atom. The maximum Gasteiger partial charge on any atom is 0.409 e. The molecule has 2 aliphatic rings. The summed E-state index contributed by atoms with van der Waals surface area (Å²) in [5, 5.41) is 3.01. The Bertz CT molecular complexity index is 898. The van der Waals surface area contributed by atoms with Crippen molar-refractivity contribution in [2.75, 3.05) is 19.7 Å². The van der Waals surface area contributed by atoms with E-state index < -0.39 is 20.5 Å². The molecule has 1 aliphatic carbocycles. The molecular formula is C22H32N2O5S. The zero-order valence-corrected chi connectivity index (χ0v) is 18.9. The van der Waals surface area contributed by atoms with E-state index in [1.54, 1.807) is 30.9 Å². The van der Waals surface area contributed by atoms with Crippen LogP contribution in [0, 0.1) is 13.8 Å².